The summed E-state index contributed by atoms with van der Waals surface area (Å²) in [7, 11) is 3.63. The summed E-state index contributed by atoms with van der Waals surface area (Å²) in [5.41, 5.74) is 2.63. The summed E-state index contributed by atoms with van der Waals surface area (Å²) in [6.45, 7) is 1.72. The van der Waals surface area contributed by atoms with Crippen molar-refractivity contribution in [3.05, 3.63) is 0 Å². The average molecular weight is 281 g/mol. The summed E-state index contributed by atoms with van der Waals surface area (Å²) in [5, 5.41) is 9.76. The molecule has 20 heavy (non-hydrogen) atoms. The van der Waals surface area contributed by atoms with Gasteiger partial charge in [-0.3, -0.25) is 0 Å². The number of likely N-dealkylation sites (tertiary alicyclic amines) is 1. The molecule has 5 heteroatoms. The minimum absolute atomic E-state index is 0.0703. The zero-order valence-electron chi connectivity index (χ0n) is 12.6. The molecule has 3 aliphatic rings. The Hall–Kier alpha value is -0.810. The lowest BCUT2D eigenvalue weighted by Gasteiger charge is -2.36. The molecule has 0 radical (unpaired) electrons. The highest BCUT2D eigenvalue weighted by Gasteiger charge is 2.53. The van der Waals surface area contributed by atoms with Crippen molar-refractivity contribution in [1.82, 2.24) is 15.3 Å². The van der Waals surface area contributed by atoms with E-state index in [9.17, 15) is 10.0 Å². The first-order chi connectivity index (χ1) is 9.55. The molecule has 2 N–H and O–H groups in total. The Balaban J connectivity index is 1.66. The van der Waals surface area contributed by atoms with Crippen LogP contribution in [0.3, 0.4) is 0 Å². The number of hydrogen-bond acceptors (Lipinski definition) is 3. The van der Waals surface area contributed by atoms with Crippen molar-refractivity contribution in [1.29, 1.82) is 0 Å². The second-order valence-electron chi connectivity index (χ2n) is 7.26. The van der Waals surface area contributed by atoms with Gasteiger partial charge in [-0.05, 0) is 43.4 Å². The summed E-state index contributed by atoms with van der Waals surface area (Å²) >= 11 is 0. The fourth-order valence-electron chi connectivity index (χ4n) is 4.85. The molecule has 3 atom stereocenters. The fraction of sp³-hybridized carbons (Fsp3) is 0.933. The molecule has 2 aliphatic carbocycles. The first-order valence-corrected chi connectivity index (χ1v) is 7.93. The van der Waals surface area contributed by atoms with Crippen molar-refractivity contribution in [3.8, 4) is 0 Å². The van der Waals surface area contributed by atoms with Crippen LogP contribution >= 0.6 is 0 Å². The van der Waals surface area contributed by atoms with Crippen LogP contribution in [0.1, 0.15) is 38.5 Å². The van der Waals surface area contributed by atoms with E-state index in [2.05, 4.69) is 5.48 Å². The third-order valence-corrected chi connectivity index (χ3v) is 5.84. The monoisotopic (exact) mass is 281 g/mol. The molecule has 0 aromatic carbocycles. The molecule has 0 aromatic rings. The molecular weight excluding hydrogens is 254 g/mol. The lowest BCUT2D eigenvalue weighted by molar-refractivity contribution is 0.0203. The number of nitrogens with one attached hydrogen (secondary N) is 1. The molecule has 2 saturated carbocycles. The van der Waals surface area contributed by atoms with Gasteiger partial charge in [0.05, 0.1) is 0 Å². The topological polar surface area (TPSA) is 55.8 Å². The molecule has 0 spiro atoms. The first kappa shape index (κ1) is 14.1. The Morgan fingerprint density at radius 3 is 2.20 bits per heavy atom. The standard InChI is InChI=1S/C15H27N3O2/c1-17(2)14(19)18-9-11-7-15(16-20,8-12(11)10-18)13-5-3-4-6-13/h11-13,16,20H,3-10H2,1-2H3/t11-,12+,15?. The molecule has 2 amide bonds. The van der Waals surface area contributed by atoms with Gasteiger partial charge in [-0.25, -0.2) is 4.79 Å². The van der Waals surface area contributed by atoms with Crippen molar-refractivity contribution in [2.45, 2.75) is 44.1 Å². The number of carbonyl (C=O) groups excluding carboxylic acids is 1. The summed E-state index contributed by atoms with van der Waals surface area (Å²) < 4.78 is 0. The number of urea groups is 1. The summed E-state index contributed by atoms with van der Waals surface area (Å²) in [5.74, 6) is 1.73. The molecule has 1 saturated heterocycles. The van der Waals surface area contributed by atoms with E-state index in [1.54, 1.807) is 4.90 Å². The van der Waals surface area contributed by atoms with Crippen LogP contribution in [-0.2, 0) is 0 Å². The van der Waals surface area contributed by atoms with Gasteiger partial charge in [0, 0.05) is 32.7 Å². The van der Waals surface area contributed by atoms with Gasteiger partial charge in [0.2, 0.25) is 0 Å². The Kier molecular flexibility index (Phi) is 3.67. The minimum Gasteiger partial charge on any atom is -0.331 e. The highest BCUT2D eigenvalue weighted by atomic mass is 16.5. The number of amides is 2. The van der Waals surface area contributed by atoms with Gasteiger partial charge in [-0.15, -0.1) is 0 Å². The van der Waals surface area contributed by atoms with Crippen molar-refractivity contribution < 1.29 is 10.0 Å². The van der Waals surface area contributed by atoms with E-state index in [1.165, 1.54) is 25.7 Å². The molecule has 5 nitrogen and oxygen atoms in total. The normalized spacial score (nSPS) is 37.5. The van der Waals surface area contributed by atoms with Gasteiger partial charge >= 0.3 is 6.03 Å². The van der Waals surface area contributed by atoms with Gasteiger partial charge in [0.25, 0.3) is 0 Å². The van der Waals surface area contributed by atoms with Crippen molar-refractivity contribution in [2.75, 3.05) is 27.2 Å². The minimum atomic E-state index is -0.0703. The van der Waals surface area contributed by atoms with Gasteiger partial charge in [0.15, 0.2) is 0 Å². The van der Waals surface area contributed by atoms with Crippen LogP contribution in [0.25, 0.3) is 0 Å². The summed E-state index contributed by atoms with van der Waals surface area (Å²) in [6, 6.07) is 0.128. The third-order valence-electron chi connectivity index (χ3n) is 5.84. The summed E-state index contributed by atoms with van der Waals surface area (Å²) in [4.78, 5) is 15.7. The molecule has 0 bridgehead atoms. The SMILES string of the molecule is CN(C)C(=O)N1C[C@@H]2CC(NO)(C3CCCC3)C[C@@H]2C1. The number of fused-ring (bicyclic) bond motifs is 1. The van der Waals surface area contributed by atoms with Gasteiger partial charge in [0.1, 0.15) is 0 Å². The second-order valence-corrected chi connectivity index (χ2v) is 7.26. The molecule has 1 heterocycles. The third kappa shape index (κ3) is 2.21. The highest BCUT2D eigenvalue weighted by molar-refractivity contribution is 5.74. The van der Waals surface area contributed by atoms with E-state index in [-0.39, 0.29) is 11.6 Å². The maximum atomic E-state index is 12.1. The number of hydroxylamine groups is 1. The lowest BCUT2D eigenvalue weighted by Crippen LogP contribution is -2.48. The first-order valence-electron chi connectivity index (χ1n) is 7.93. The zero-order valence-corrected chi connectivity index (χ0v) is 12.6. The van der Waals surface area contributed by atoms with Crippen LogP contribution in [0.5, 0.6) is 0 Å². The molecule has 0 aromatic heterocycles. The van der Waals surface area contributed by atoms with Crippen LogP contribution in [0, 0.1) is 17.8 Å². The number of rotatable bonds is 2. The lowest BCUT2D eigenvalue weighted by atomic mass is 9.80. The van der Waals surface area contributed by atoms with E-state index in [0.717, 1.165) is 25.9 Å². The van der Waals surface area contributed by atoms with E-state index in [0.29, 0.717) is 17.8 Å². The van der Waals surface area contributed by atoms with Crippen molar-refractivity contribution >= 4 is 6.03 Å². The average Bonchev–Trinajstić information content (AvgIpc) is 3.11. The van der Waals surface area contributed by atoms with Gasteiger partial charge < -0.3 is 15.0 Å². The van der Waals surface area contributed by atoms with E-state index >= 15 is 0 Å². The van der Waals surface area contributed by atoms with Crippen LogP contribution < -0.4 is 5.48 Å². The largest absolute Gasteiger partial charge is 0.331 e. The van der Waals surface area contributed by atoms with Crippen LogP contribution in [0.2, 0.25) is 0 Å². The van der Waals surface area contributed by atoms with Crippen LogP contribution in [-0.4, -0.2) is 53.8 Å². The molecular formula is C15H27N3O2. The maximum Gasteiger partial charge on any atom is 0.319 e. The predicted octanol–water partition coefficient (Wildman–Crippen LogP) is 1.92. The molecule has 114 valence electrons. The Labute approximate surface area is 121 Å². The quantitative estimate of drug-likeness (QED) is 0.760. The number of nitrogens with zero attached hydrogens (tertiary/aromatic N) is 2. The van der Waals surface area contributed by atoms with Crippen molar-refractivity contribution in [3.63, 3.8) is 0 Å². The zero-order chi connectivity index (χ0) is 14.3. The Morgan fingerprint density at radius 2 is 1.75 bits per heavy atom. The van der Waals surface area contributed by atoms with E-state index in [4.69, 9.17) is 0 Å². The molecule has 3 fully saturated rings. The number of carbonyl (C=O) groups is 1. The molecule has 1 aliphatic heterocycles. The second kappa shape index (κ2) is 5.19. The predicted molar refractivity (Wildman–Crippen MR) is 76.5 cm³/mol. The molecule has 3 rings (SSSR count). The summed E-state index contributed by atoms with van der Waals surface area (Å²) in [6.07, 6.45) is 7.14. The van der Waals surface area contributed by atoms with Crippen LogP contribution in [0.4, 0.5) is 4.79 Å². The van der Waals surface area contributed by atoms with Crippen LogP contribution in [0.15, 0.2) is 0 Å². The highest BCUT2D eigenvalue weighted by Crippen LogP contribution is 2.50. The smallest absolute Gasteiger partial charge is 0.319 e. The van der Waals surface area contributed by atoms with E-state index in [1.807, 2.05) is 19.0 Å². The van der Waals surface area contributed by atoms with Gasteiger partial charge in [-0.2, -0.15) is 5.48 Å². The Morgan fingerprint density at radius 1 is 1.20 bits per heavy atom. The maximum absolute atomic E-state index is 12.1. The van der Waals surface area contributed by atoms with Crippen molar-refractivity contribution in [2.24, 2.45) is 17.8 Å². The fourth-order valence-corrected chi connectivity index (χ4v) is 4.85. The van der Waals surface area contributed by atoms with E-state index < -0.39 is 0 Å². The number of hydrogen-bond donors (Lipinski definition) is 2. The Bertz CT molecular complexity index is 365. The van der Waals surface area contributed by atoms with Gasteiger partial charge in [-0.1, -0.05) is 12.8 Å². The molecule has 1 unspecified atom stereocenters.